The predicted molar refractivity (Wildman–Crippen MR) is 133 cm³/mol. The zero-order chi connectivity index (χ0) is 29.4. The van der Waals surface area contributed by atoms with E-state index in [1.165, 1.54) is 0 Å². The van der Waals surface area contributed by atoms with Gasteiger partial charge in [0.2, 0.25) is 11.8 Å². The summed E-state index contributed by atoms with van der Waals surface area (Å²) in [6, 6.07) is 15.7. The number of carbonyl (C=O) groups is 5. The Bertz CT molecular complexity index is 1110. The summed E-state index contributed by atoms with van der Waals surface area (Å²) in [6.45, 7) is 0.125. The molecule has 4 amide bonds. The van der Waals surface area contributed by atoms with Crippen LogP contribution in [0.15, 0.2) is 54.6 Å². The topological polar surface area (TPSA) is 188 Å². The van der Waals surface area contributed by atoms with E-state index in [0.717, 1.165) is 11.1 Å². The molecule has 212 valence electrons. The normalized spacial score (nSPS) is 11.3. The number of hydrogen-bond acceptors (Lipinski definition) is 5. The summed E-state index contributed by atoms with van der Waals surface area (Å²) in [5, 5.41) is 24.0. The van der Waals surface area contributed by atoms with Gasteiger partial charge in [0, 0.05) is 13.0 Å². The molecule has 7 N–H and O–H groups in total. The van der Waals surface area contributed by atoms with Crippen LogP contribution in [0.2, 0.25) is 0 Å². The lowest BCUT2D eigenvalue weighted by Gasteiger charge is -2.18. The maximum Gasteiger partial charge on any atom is 0.490 e. The van der Waals surface area contributed by atoms with Crippen molar-refractivity contribution in [3.05, 3.63) is 60.2 Å². The molecule has 0 heterocycles. The summed E-state index contributed by atoms with van der Waals surface area (Å²) in [4.78, 5) is 54.9. The van der Waals surface area contributed by atoms with Gasteiger partial charge in [-0.2, -0.15) is 13.2 Å². The van der Waals surface area contributed by atoms with Crippen molar-refractivity contribution >= 4 is 29.8 Å². The number of alkyl halides is 3. The molecular weight excluding hydrogens is 525 g/mol. The molecule has 2 rings (SSSR count). The van der Waals surface area contributed by atoms with Gasteiger partial charge in [0.15, 0.2) is 0 Å². The Balaban J connectivity index is 0.000000956. The number of carbonyl (C=O) groups excluding carboxylic acids is 3. The number of halogens is 3. The molecule has 0 saturated heterocycles. The van der Waals surface area contributed by atoms with Crippen molar-refractivity contribution in [1.29, 1.82) is 0 Å². The van der Waals surface area contributed by atoms with Gasteiger partial charge in [-0.25, -0.2) is 9.59 Å². The standard InChI is InChI=1S/C23H28N4O5.C2HF3O2/c24-23(32)25-13-5-4-8-20(28)26-15-21(29)27-19(14-22(30)31)18-11-9-17(10-12-18)16-6-2-1-3-7-16;3-2(4,5)1(6)7/h1-3,6-7,9-12,19H,4-5,8,13-15H2,(H,26,28)(H,27,29)(H,30,31)(H3,24,25,32);(H,6,7). The Kier molecular flexibility index (Phi) is 13.5. The van der Waals surface area contributed by atoms with Crippen molar-refractivity contribution in [1.82, 2.24) is 16.0 Å². The monoisotopic (exact) mass is 554 g/mol. The van der Waals surface area contributed by atoms with Gasteiger partial charge in [-0.1, -0.05) is 54.6 Å². The second-order valence-corrected chi connectivity index (χ2v) is 8.03. The Morgan fingerprint density at radius 1 is 0.821 bits per heavy atom. The lowest BCUT2D eigenvalue weighted by atomic mass is 9.99. The second-order valence-electron chi connectivity index (χ2n) is 8.03. The van der Waals surface area contributed by atoms with Gasteiger partial charge in [-0.15, -0.1) is 0 Å². The molecule has 0 fully saturated rings. The Morgan fingerprint density at radius 3 is 1.90 bits per heavy atom. The molecule has 2 aromatic carbocycles. The van der Waals surface area contributed by atoms with E-state index in [9.17, 15) is 37.5 Å². The molecule has 2 aromatic rings. The van der Waals surface area contributed by atoms with E-state index in [1.807, 2.05) is 42.5 Å². The third-order valence-electron chi connectivity index (χ3n) is 4.95. The summed E-state index contributed by atoms with van der Waals surface area (Å²) in [5.41, 5.74) is 7.62. The van der Waals surface area contributed by atoms with Gasteiger partial charge in [-0.3, -0.25) is 14.4 Å². The number of rotatable bonds is 12. The van der Waals surface area contributed by atoms with E-state index in [1.54, 1.807) is 12.1 Å². The maximum absolute atomic E-state index is 12.3. The Morgan fingerprint density at radius 2 is 1.38 bits per heavy atom. The van der Waals surface area contributed by atoms with E-state index in [0.29, 0.717) is 24.9 Å². The number of amides is 4. The lowest BCUT2D eigenvalue weighted by molar-refractivity contribution is -0.192. The minimum Gasteiger partial charge on any atom is -0.481 e. The van der Waals surface area contributed by atoms with Crippen LogP contribution in [0.5, 0.6) is 0 Å². The molecule has 0 bridgehead atoms. The number of unbranched alkanes of at least 4 members (excludes halogenated alkanes) is 1. The van der Waals surface area contributed by atoms with Gasteiger partial charge < -0.3 is 31.9 Å². The number of nitrogens with one attached hydrogen (secondary N) is 3. The molecule has 1 atom stereocenters. The van der Waals surface area contributed by atoms with Gasteiger partial charge in [0.25, 0.3) is 0 Å². The second kappa shape index (κ2) is 16.3. The third-order valence-corrected chi connectivity index (χ3v) is 4.95. The number of primary amides is 1. The Hall–Kier alpha value is -4.62. The van der Waals surface area contributed by atoms with Gasteiger partial charge in [0.1, 0.15) is 0 Å². The summed E-state index contributed by atoms with van der Waals surface area (Å²) in [6.07, 6.45) is -4.05. The van der Waals surface area contributed by atoms with Crippen LogP contribution in [-0.4, -0.2) is 59.3 Å². The van der Waals surface area contributed by atoms with Crippen molar-refractivity contribution < 1.29 is 47.4 Å². The highest BCUT2D eigenvalue weighted by atomic mass is 19.4. The summed E-state index contributed by atoms with van der Waals surface area (Å²) < 4.78 is 31.7. The number of urea groups is 1. The number of hydrogen-bond donors (Lipinski definition) is 6. The average molecular weight is 555 g/mol. The van der Waals surface area contributed by atoms with E-state index in [4.69, 9.17) is 15.6 Å². The molecule has 0 aliphatic carbocycles. The van der Waals surface area contributed by atoms with Crippen molar-refractivity contribution in [3.8, 4) is 11.1 Å². The fourth-order valence-electron chi connectivity index (χ4n) is 3.10. The highest BCUT2D eigenvalue weighted by Gasteiger charge is 2.38. The maximum atomic E-state index is 12.3. The first-order valence-corrected chi connectivity index (χ1v) is 11.6. The van der Waals surface area contributed by atoms with Crippen molar-refractivity contribution in [2.75, 3.05) is 13.1 Å². The minimum absolute atomic E-state index is 0.202. The first-order valence-electron chi connectivity index (χ1n) is 11.6. The number of aliphatic carboxylic acids is 2. The van der Waals surface area contributed by atoms with Crippen LogP contribution in [0.25, 0.3) is 11.1 Å². The molecule has 0 aliphatic rings. The zero-order valence-corrected chi connectivity index (χ0v) is 20.7. The van der Waals surface area contributed by atoms with Crippen LogP contribution in [0.3, 0.4) is 0 Å². The fraction of sp³-hybridized carbons (Fsp3) is 0.320. The van der Waals surface area contributed by atoms with Crippen LogP contribution in [0.4, 0.5) is 18.0 Å². The smallest absolute Gasteiger partial charge is 0.481 e. The SMILES string of the molecule is NC(=O)NCCCCC(=O)NCC(=O)NC(CC(=O)O)c1ccc(-c2ccccc2)cc1.O=C(O)C(F)(F)F. The van der Waals surface area contributed by atoms with Crippen LogP contribution >= 0.6 is 0 Å². The molecular formula is C25H29F3N4O7. The van der Waals surface area contributed by atoms with Crippen molar-refractivity contribution in [2.45, 2.75) is 37.9 Å². The van der Waals surface area contributed by atoms with E-state index in [-0.39, 0.29) is 25.3 Å². The first kappa shape index (κ1) is 32.4. The van der Waals surface area contributed by atoms with E-state index < -0.39 is 36.1 Å². The largest absolute Gasteiger partial charge is 0.490 e. The van der Waals surface area contributed by atoms with Gasteiger partial charge >= 0.3 is 24.1 Å². The van der Waals surface area contributed by atoms with Crippen molar-refractivity contribution in [2.24, 2.45) is 5.73 Å². The molecule has 11 nitrogen and oxygen atoms in total. The van der Waals surface area contributed by atoms with Crippen LogP contribution in [0.1, 0.15) is 37.3 Å². The van der Waals surface area contributed by atoms with Gasteiger partial charge in [-0.05, 0) is 29.5 Å². The highest BCUT2D eigenvalue weighted by Crippen LogP contribution is 2.23. The quantitative estimate of drug-likeness (QED) is 0.217. The molecule has 0 spiro atoms. The fourth-order valence-corrected chi connectivity index (χ4v) is 3.10. The van der Waals surface area contributed by atoms with E-state index >= 15 is 0 Å². The molecule has 0 aliphatic heterocycles. The third kappa shape index (κ3) is 14.0. The number of benzene rings is 2. The lowest BCUT2D eigenvalue weighted by Crippen LogP contribution is -2.39. The van der Waals surface area contributed by atoms with Crippen LogP contribution in [0, 0.1) is 0 Å². The molecule has 14 heteroatoms. The zero-order valence-electron chi connectivity index (χ0n) is 20.7. The Labute approximate surface area is 221 Å². The molecule has 1 unspecified atom stereocenters. The molecule has 39 heavy (non-hydrogen) atoms. The summed E-state index contributed by atoms with van der Waals surface area (Å²) in [7, 11) is 0. The van der Waals surface area contributed by atoms with Crippen molar-refractivity contribution in [3.63, 3.8) is 0 Å². The predicted octanol–water partition coefficient (Wildman–Crippen LogP) is 2.57. The molecule has 0 aromatic heterocycles. The summed E-state index contributed by atoms with van der Waals surface area (Å²) in [5.74, 6) is -4.59. The number of nitrogens with two attached hydrogens (primary N) is 1. The highest BCUT2D eigenvalue weighted by molar-refractivity contribution is 5.85. The average Bonchev–Trinajstić information content (AvgIpc) is 2.87. The van der Waals surface area contributed by atoms with Gasteiger partial charge in [0.05, 0.1) is 19.0 Å². The minimum atomic E-state index is -5.08. The van der Waals surface area contributed by atoms with E-state index in [2.05, 4.69) is 16.0 Å². The molecule has 0 saturated carbocycles. The first-order chi connectivity index (χ1) is 18.3. The number of carboxylic acid groups (broad SMARTS) is 2. The summed E-state index contributed by atoms with van der Waals surface area (Å²) >= 11 is 0. The molecule has 0 radical (unpaired) electrons. The number of carboxylic acids is 2. The van der Waals surface area contributed by atoms with Crippen LogP contribution in [-0.2, 0) is 19.2 Å². The van der Waals surface area contributed by atoms with Crippen LogP contribution < -0.4 is 21.7 Å².